The van der Waals surface area contributed by atoms with Crippen LogP contribution in [0.1, 0.15) is 5.56 Å². The molecule has 0 aliphatic carbocycles. The van der Waals surface area contributed by atoms with Crippen molar-refractivity contribution in [1.29, 1.82) is 0 Å². The van der Waals surface area contributed by atoms with Gasteiger partial charge < -0.3 is 5.11 Å². The fourth-order valence-corrected chi connectivity index (χ4v) is 1.84. The van der Waals surface area contributed by atoms with Gasteiger partial charge in [-0.15, -0.1) is 0 Å². The molecule has 0 atom stereocenters. The van der Waals surface area contributed by atoms with Gasteiger partial charge in [0.2, 0.25) is 0 Å². The van der Waals surface area contributed by atoms with Crippen LogP contribution in [0.15, 0.2) is 43.0 Å². The molecule has 18 heavy (non-hydrogen) atoms. The third-order valence-corrected chi connectivity index (χ3v) is 2.75. The van der Waals surface area contributed by atoms with E-state index in [2.05, 4.69) is 15.0 Å². The van der Waals surface area contributed by atoms with Gasteiger partial charge in [-0.05, 0) is 17.7 Å². The normalized spacial score (nSPS) is 11.0. The van der Waals surface area contributed by atoms with Crippen LogP contribution in [-0.4, -0.2) is 44.5 Å². The average Bonchev–Trinajstić information content (AvgIpc) is 2.91. The minimum absolute atomic E-state index is 0.166. The van der Waals surface area contributed by atoms with E-state index >= 15 is 0 Å². The van der Waals surface area contributed by atoms with Crippen LogP contribution in [0.2, 0.25) is 0 Å². The topological polar surface area (TPSA) is 54.2 Å². The van der Waals surface area contributed by atoms with Crippen LogP contribution in [0.25, 0.3) is 0 Å². The fourth-order valence-electron chi connectivity index (χ4n) is 1.84. The van der Waals surface area contributed by atoms with Crippen molar-refractivity contribution in [2.75, 3.05) is 19.7 Å². The van der Waals surface area contributed by atoms with Crippen LogP contribution in [0.5, 0.6) is 0 Å². The summed E-state index contributed by atoms with van der Waals surface area (Å²) >= 11 is 0. The highest BCUT2D eigenvalue weighted by Gasteiger charge is 2.05. The lowest BCUT2D eigenvalue weighted by atomic mass is 10.2. The second-order valence-electron chi connectivity index (χ2n) is 4.13. The maximum absolute atomic E-state index is 9.09. The van der Waals surface area contributed by atoms with Crippen molar-refractivity contribution in [1.82, 2.24) is 19.7 Å². The van der Waals surface area contributed by atoms with Gasteiger partial charge in [0.15, 0.2) is 0 Å². The van der Waals surface area contributed by atoms with E-state index in [9.17, 15) is 0 Å². The highest BCUT2D eigenvalue weighted by atomic mass is 16.3. The molecule has 1 N–H and O–H groups in total. The van der Waals surface area contributed by atoms with E-state index in [-0.39, 0.29) is 6.61 Å². The van der Waals surface area contributed by atoms with E-state index in [1.807, 2.05) is 35.3 Å². The van der Waals surface area contributed by atoms with Gasteiger partial charge in [-0.25, -0.2) is 0 Å². The first-order valence-electron chi connectivity index (χ1n) is 6.08. The Hall–Kier alpha value is -1.72. The Morgan fingerprint density at radius 3 is 2.83 bits per heavy atom. The molecule has 0 amide bonds. The number of nitrogens with zero attached hydrogens (tertiary/aromatic N) is 4. The summed E-state index contributed by atoms with van der Waals surface area (Å²) in [7, 11) is 0. The summed E-state index contributed by atoms with van der Waals surface area (Å²) in [6, 6.07) is 5.89. The van der Waals surface area contributed by atoms with Gasteiger partial charge in [0.05, 0.1) is 13.2 Å². The Balaban J connectivity index is 1.87. The van der Waals surface area contributed by atoms with E-state index in [1.165, 1.54) is 0 Å². The zero-order valence-electron chi connectivity index (χ0n) is 10.3. The minimum Gasteiger partial charge on any atom is -0.395 e. The smallest absolute Gasteiger partial charge is 0.0558 e. The van der Waals surface area contributed by atoms with Crippen LogP contribution in [0, 0.1) is 0 Å². The highest BCUT2D eigenvalue weighted by Crippen LogP contribution is 2.02. The average molecular weight is 246 g/mol. The predicted octanol–water partition coefficient (Wildman–Crippen LogP) is 0.773. The zero-order chi connectivity index (χ0) is 12.6. The van der Waals surface area contributed by atoms with Crippen LogP contribution in [0.3, 0.4) is 0 Å². The minimum atomic E-state index is 0.166. The lowest BCUT2D eigenvalue weighted by Gasteiger charge is -2.21. The maximum atomic E-state index is 9.09. The molecular formula is C13H18N4O. The van der Waals surface area contributed by atoms with Gasteiger partial charge in [0.1, 0.15) is 0 Å². The molecule has 0 radical (unpaired) electrons. The number of aliphatic hydroxyl groups excluding tert-OH is 1. The molecule has 0 bridgehead atoms. The lowest BCUT2D eigenvalue weighted by molar-refractivity contribution is 0.183. The summed E-state index contributed by atoms with van der Waals surface area (Å²) in [5.74, 6) is 0. The van der Waals surface area contributed by atoms with Crippen LogP contribution < -0.4 is 0 Å². The molecule has 0 saturated heterocycles. The first-order valence-corrected chi connectivity index (χ1v) is 6.08. The van der Waals surface area contributed by atoms with Crippen molar-refractivity contribution >= 4 is 0 Å². The van der Waals surface area contributed by atoms with Crippen molar-refractivity contribution in [3.8, 4) is 0 Å². The predicted molar refractivity (Wildman–Crippen MR) is 68.8 cm³/mol. The number of pyridine rings is 1. The molecule has 0 aliphatic heterocycles. The maximum Gasteiger partial charge on any atom is 0.0558 e. The highest BCUT2D eigenvalue weighted by molar-refractivity contribution is 5.08. The van der Waals surface area contributed by atoms with Crippen molar-refractivity contribution in [2.24, 2.45) is 0 Å². The van der Waals surface area contributed by atoms with E-state index in [1.54, 1.807) is 12.4 Å². The summed E-state index contributed by atoms with van der Waals surface area (Å²) < 4.78 is 1.90. The van der Waals surface area contributed by atoms with Crippen LogP contribution >= 0.6 is 0 Å². The molecule has 0 saturated carbocycles. The molecule has 2 aromatic heterocycles. The SMILES string of the molecule is OCCN(CCn1cccn1)Cc1cccnc1. The molecule has 0 aliphatic rings. The number of hydrogen-bond donors (Lipinski definition) is 1. The quantitative estimate of drug-likeness (QED) is 0.784. The zero-order valence-corrected chi connectivity index (χ0v) is 10.3. The lowest BCUT2D eigenvalue weighted by Crippen LogP contribution is -2.30. The summed E-state index contributed by atoms with van der Waals surface area (Å²) in [6.45, 7) is 3.32. The van der Waals surface area contributed by atoms with Gasteiger partial charge >= 0.3 is 0 Å². The number of rotatable bonds is 7. The first-order chi connectivity index (χ1) is 8.88. The van der Waals surface area contributed by atoms with Gasteiger partial charge in [0, 0.05) is 44.4 Å². The van der Waals surface area contributed by atoms with E-state index in [0.29, 0.717) is 6.54 Å². The molecule has 0 aromatic carbocycles. The second kappa shape index (κ2) is 6.88. The first kappa shape index (κ1) is 12.7. The standard InChI is InChI=1S/C13H18N4O/c18-10-9-16(7-8-17-6-2-5-15-17)12-13-3-1-4-14-11-13/h1-6,11,18H,7-10,12H2. The van der Waals surface area contributed by atoms with Gasteiger partial charge in [-0.2, -0.15) is 5.10 Å². The Morgan fingerprint density at radius 2 is 2.17 bits per heavy atom. The number of aliphatic hydroxyl groups is 1. The van der Waals surface area contributed by atoms with Crippen molar-refractivity contribution in [3.05, 3.63) is 48.5 Å². The largest absolute Gasteiger partial charge is 0.395 e. The van der Waals surface area contributed by atoms with E-state index < -0.39 is 0 Å². The summed E-state index contributed by atoms with van der Waals surface area (Å²) in [5.41, 5.74) is 1.16. The van der Waals surface area contributed by atoms with Crippen molar-refractivity contribution < 1.29 is 5.11 Å². The van der Waals surface area contributed by atoms with Crippen LogP contribution in [0.4, 0.5) is 0 Å². The molecule has 5 nitrogen and oxygen atoms in total. The van der Waals surface area contributed by atoms with Crippen molar-refractivity contribution in [3.63, 3.8) is 0 Å². The third-order valence-electron chi connectivity index (χ3n) is 2.75. The Morgan fingerprint density at radius 1 is 1.22 bits per heavy atom. The Kier molecular flexibility index (Phi) is 4.87. The van der Waals surface area contributed by atoms with Gasteiger partial charge in [0.25, 0.3) is 0 Å². The monoisotopic (exact) mass is 246 g/mol. The Bertz CT molecular complexity index is 430. The molecule has 0 spiro atoms. The summed E-state index contributed by atoms with van der Waals surface area (Å²) in [4.78, 5) is 6.29. The summed E-state index contributed by atoms with van der Waals surface area (Å²) in [5, 5.41) is 13.3. The van der Waals surface area contributed by atoms with Crippen molar-refractivity contribution in [2.45, 2.75) is 13.1 Å². The molecule has 0 unspecified atom stereocenters. The molecule has 96 valence electrons. The fraction of sp³-hybridized carbons (Fsp3) is 0.385. The molecule has 5 heteroatoms. The number of hydrogen-bond acceptors (Lipinski definition) is 4. The van der Waals surface area contributed by atoms with Crippen LogP contribution in [-0.2, 0) is 13.1 Å². The van der Waals surface area contributed by atoms with Gasteiger partial charge in [-0.1, -0.05) is 6.07 Å². The molecule has 2 aromatic rings. The third kappa shape index (κ3) is 3.94. The van der Waals surface area contributed by atoms with Gasteiger partial charge in [-0.3, -0.25) is 14.6 Å². The van der Waals surface area contributed by atoms with E-state index in [0.717, 1.165) is 25.2 Å². The summed E-state index contributed by atoms with van der Waals surface area (Å²) in [6.07, 6.45) is 7.35. The second-order valence-corrected chi connectivity index (χ2v) is 4.13. The number of aromatic nitrogens is 3. The molecule has 2 heterocycles. The molecular weight excluding hydrogens is 228 g/mol. The Labute approximate surface area is 107 Å². The molecule has 0 fully saturated rings. The molecule has 2 rings (SSSR count). The van der Waals surface area contributed by atoms with E-state index in [4.69, 9.17) is 5.11 Å².